The number of nitrogens with two attached hydrogens (primary N) is 1. The average molecular weight is 238 g/mol. The molecule has 1 aliphatic rings. The Morgan fingerprint density at radius 3 is 2.59 bits per heavy atom. The molecule has 1 aliphatic carbocycles. The van der Waals surface area contributed by atoms with Gasteiger partial charge in [-0.15, -0.1) is 5.10 Å². The maximum absolute atomic E-state index is 5.73. The van der Waals surface area contributed by atoms with Gasteiger partial charge in [0.1, 0.15) is 0 Å². The van der Waals surface area contributed by atoms with Crippen LogP contribution in [0.1, 0.15) is 57.9 Å². The first-order valence-corrected chi connectivity index (χ1v) is 6.58. The van der Waals surface area contributed by atoms with E-state index in [0.717, 1.165) is 6.54 Å². The average Bonchev–Trinajstić information content (AvgIpc) is 2.81. The van der Waals surface area contributed by atoms with Crippen molar-refractivity contribution >= 4 is 6.01 Å². The lowest BCUT2D eigenvalue weighted by Gasteiger charge is -2.31. The highest BCUT2D eigenvalue weighted by Gasteiger charge is 2.24. The molecule has 5 nitrogen and oxygen atoms in total. The molecule has 1 unspecified atom stereocenters. The van der Waals surface area contributed by atoms with Crippen molar-refractivity contribution < 1.29 is 4.42 Å². The Balaban J connectivity index is 2.10. The van der Waals surface area contributed by atoms with Crippen molar-refractivity contribution in [2.24, 2.45) is 5.73 Å². The zero-order chi connectivity index (χ0) is 12.3. The van der Waals surface area contributed by atoms with E-state index in [1.165, 1.54) is 32.1 Å². The van der Waals surface area contributed by atoms with Gasteiger partial charge in [0.2, 0.25) is 5.89 Å². The third kappa shape index (κ3) is 2.77. The fourth-order valence-corrected chi connectivity index (χ4v) is 2.47. The molecule has 0 aromatic carbocycles. The van der Waals surface area contributed by atoms with E-state index in [1.54, 1.807) is 0 Å². The Hall–Kier alpha value is -1.10. The molecular formula is C12H22N4O. The van der Waals surface area contributed by atoms with Crippen LogP contribution < -0.4 is 10.6 Å². The molecule has 1 aromatic rings. The van der Waals surface area contributed by atoms with Crippen LogP contribution in [-0.4, -0.2) is 22.8 Å². The van der Waals surface area contributed by atoms with Crippen molar-refractivity contribution in [3.63, 3.8) is 0 Å². The topological polar surface area (TPSA) is 68.2 Å². The molecule has 2 rings (SSSR count). The van der Waals surface area contributed by atoms with Gasteiger partial charge in [-0.2, -0.15) is 0 Å². The summed E-state index contributed by atoms with van der Waals surface area (Å²) in [6.45, 7) is 4.89. The van der Waals surface area contributed by atoms with Gasteiger partial charge < -0.3 is 15.1 Å². The van der Waals surface area contributed by atoms with Crippen molar-refractivity contribution in [2.75, 3.05) is 11.4 Å². The molecule has 0 bridgehead atoms. The number of rotatable bonds is 4. The smallest absolute Gasteiger partial charge is 0.318 e. The van der Waals surface area contributed by atoms with E-state index in [2.05, 4.69) is 22.0 Å². The molecular weight excluding hydrogens is 216 g/mol. The molecule has 0 radical (unpaired) electrons. The van der Waals surface area contributed by atoms with Crippen LogP contribution in [0.2, 0.25) is 0 Å². The predicted molar refractivity (Wildman–Crippen MR) is 66.8 cm³/mol. The van der Waals surface area contributed by atoms with Gasteiger partial charge in [-0.05, 0) is 26.7 Å². The Morgan fingerprint density at radius 2 is 2.06 bits per heavy atom. The van der Waals surface area contributed by atoms with E-state index < -0.39 is 0 Å². The van der Waals surface area contributed by atoms with Crippen LogP contribution in [0.5, 0.6) is 0 Å². The molecule has 1 atom stereocenters. The molecule has 0 amide bonds. The lowest BCUT2D eigenvalue weighted by Crippen LogP contribution is -2.36. The van der Waals surface area contributed by atoms with Gasteiger partial charge in [-0.25, -0.2) is 0 Å². The van der Waals surface area contributed by atoms with E-state index in [9.17, 15) is 0 Å². The molecule has 0 saturated heterocycles. The number of anilines is 1. The molecule has 1 fully saturated rings. The van der Waals surface area contributed by atoms with E-state index in [1.807, 2.05) is 6.92 Å². The predicted octanol–water partition coefficient (Wildman–Crippen LogP) is 2.25. The normalized spacial score (nSPS) is 19.2. The zero-order valence-corrected chi connectivity index (χ0v) is 10.7. The van der Waals surface area contributed by atoms with Crippen LogP contribution in [0.3, 0.4) is 0 Å². The summed E-state index contributed by atoms with van der Waals surface area (Å²) in [6.07, 6.45) is 6.40. The number of hydrogen-bond donors (Lipinski definition) is 1. The second-order valence-corrected chi connectivity index (χ2v) is 4.79. The molecule has 1 saturated carbocycles. The minimum absolute atomic E-state index is 0.193. The van der Waals surface area contributed by atoms with E-state index in [4.69, 9.17) is 10.2 Å². The first-order valence-electron chi connectivity index (χ1n) is 6.58. The van der Waals surface area contributed by atoms with Crippen LogP contribution in [-0.2, 0) is 0 Å². The molecule has 1 aromatic heterocycles. The fourth-order valence-electron chi connectivity index (χ4n) is 2.47. The summed E-state index contributed by atoms with van der Waals surface area (Å²) in [5, 5.41) is 8.11. The van der Waals surface area contributed by atoms with Crippen molar-refractivity contribution in [3.8, 4) is 0 Å². The molecule has 17 heavy (non-hydrogen) atoms. The van der Waals surface area contributed by atoms with Crippen LogP contribution in [0.15, 0.2) is 4.42 Å². The zero-order valence-electron chi connectivity index (χ0n) is 10.7. The Morgan fingerprint density at radius 1 is 1.35 bits per heavy atom. The molecule has 0 spiro atoms. The monoisotopic (exact) mass is 238 g/mol. The second-order valence-electron chi connectivity index (χ2n) is 4.79. The SMILES string of the molecule is CCN(c1nnc(C(C)N)o1)C1CCCCC1. The highest BCUT2D eigenvalue weighted by Crippen LogP contribution is 2.26. The van der Waals surface area contributed by atoms with Crippen molar-refractivity contribution in [3.05, 3.63) is 5.89 Å². The van der Waals surface area contributed by atoms with Gasteiger partial charge in [0.15, 0.2) is 0 Å². The van der Waals surface area contributed by atoms with Gasteiger partial charge >= 0.3 is 6.01 Å². The molecule has 5 heteroatoms. The van der Waals surface area contributed by atoms with E-state index in [0.29, 0.717) is 17.9 Å². The summed E-state index contributed by atoms with van der Waals surface area (Å²) in [5.41, 5.74) is 5.73. The number of aromatic nitrogens is 2. The third-order valence-corrected chi connectivity index (χ3v) is 3.42. The molecule has 1 heterocycles. The summed E-state index contributed by atoms with van der Waals surface area (Å²) < 4.78 is 5.63. The van der Waals surface area contributed by atoms with E-state index >= 15 is 0 Å². The maximum atomic E-state index is 5.73. The summed E-state index contributed by atoms with van der Waals surface area (Å²) in [4.78, 5) is 2.22. The third-order valence-electron chi connectivity index (χ3n) is 3.42. The van der Waals surface area contributed by atoms with Gasteiger partial charge in [0, 0.05) is 12.6 Å². The molecule has 2 N–H and O–H groups in total. The van der Waals surface area contributed by atoms with Crippen molar-refractivity contribution in [1.29, 1.82) is 0 Å². The lowest BCUT2D eigenvalue weighted by molar-refractivity contribution is 0.384. The standard InChI is InChI=1S/C12H22N4O/c1-3-16(10-7-5-4-6-8-10)12-15-14-11(17-12)9(2)13/h9-10H,3-8,13H2,1-2H3. The first kappa shape index (κ1) is 12.4. The second kappa shape index (κ2) is 5.49. The van der Waals surface area contributed by atoms with Crippen molar-refractivity contribution in [1.82, 2.24) is 10.2 Å². The highest BCUT2D eigenvalue weighted by molar-refractivity contribution is 5.26. The minimum Gasteiger partial charge on any atom is -0.406 e. The van der Waals surface area contributed by atoms with Gasteiger partial charge in [-0.1, -0.05) is 24.4 Å². The molecule has 96 valence electrons. The summed E-state index contributed by atoms with van der Waals surface area (Å²) in [6, 6.07) is 0.989. The van der Waals surface area contributed by atoms with Crippen LogP contribution in [0.4, 0.5) is 6.01 Å². The number of hydrogen-bond acceptors (Lipinski definition) is 5. The Bertz CT molecular complexity index is 344. The molecule has 0 aliphatic heterocycles. The lowest BCUT2D eigenvalue weighted by atomic mass is 9.94. The van der Waals surface area contributed by atoms with E-state index in [-0.39, 0.29) is 6.04 Å². The van der Waals surface area contributed by atoms with Gasteiger partial charge in [-0.3, -0.25) is 0 Å². The minimum atomic E-state index is -0.193. The van der Waals surface area contributed by atoms with Gasteiger partial charge in [0.25, 0.3) is 0 Å². The Labute approximate surface area is 102 Å². The van der Waals surface area contributed by atoms with Crippen LogP contribution >= 0.6 is 0 Å². The summed E-state index contributed by atoms with van der Waals surface area (Å²) >= 11 is 0. The quantitative estimate of drug-likeness (QED) is 0.871. The van der Waals surface area contributed by atoms with Crippen LogP contribution in [0, 0.1) is 0 Å². The summed E-state index contributed by atoms with van der Waals surface area (Å²) in [5.74, 6) is 0.522. The summed E-state index contributed by atoms with van der Waals surface area (Å²) in [7, 11) is 0. The van der Waals surface area contributed by atoms with Crippen molar-refractivity contribution in [2.45, 2.75) is 58.0 Å². The highest BCUT2D eigenvalue weighted by atomic mass is 16.4. The fraction of sp³-hybridized carbons (Fsp3) is 0.833. The Kier molecular flexibility index (Phi) is 3.99. The maximum Gasteiger partial charge on any atom is 0.318 e. The largest absolute Gasteiger partial charge is 0.406 e. The van der Waals surface area contributed by atoms with Gasteiger partial charge in [0.05, 0.1) is 6.04 Å². The number of nitrogens with zero attached hydrogens (tertiary/aromatic N) is 3. The van der Waals surface area contributed by atoms with Crippen LogP contribution in [0.25, 0.3) is 0 Å². The first-order chi connectivity index (χ1) is 8.22.